The Labute approximate surface area is 113 Å². The summed E-state index contributed by atoms with van der Waals surface area (Å²) in [5, 5.41) is 10.1. The Morgan fingerprint density at radius 1 is 1.32 bits per heavy atom. The van der Waals surface area contributed by atoms with Crippen molar-refractivity contribution in [1.82, 2.24) is 9.88 Å². The minimum atomic E-state index is -0.391. The summed E-state index contributed by atoms with van der Waals surface area (Å²) in [4.78, 5) is 18.3. The molecule has 0 unspecified atom stereocenters. The third-order valence-corrected chi connectivity index (χ3v) is 4.44. The second kappa shape index (κ2) is 5.29. The van der Waals surface area contributed by atoms with E-state index in [9.17, 15) is 9.90 Å². The van der Waals surface area contributed by atoms with Gasteiger partial charge in [-0.25, -0.2) is 0 Å². The van der Waals surface area contributed by atoms with E-state index in [2.05, 4.69) is 4.98 Å². The van der Waals surface area contributed by atoms with E-state index in [1.807, 2.05) is 17.0 Å². The third-order valence-electron chi connectivity index (χ3n) is 4.44. The van der Waals surface area contributed by atoms with E-state index in [-0.39, 0.29) is 17.9 Å². The maximum atomic E-state index is 12.4. The molecule has 1 aliphatic heterocycles. The highest BCUT2D eigenvalue weighted by atomic mass is 16.3. The van der Waals surface area contributed by atoms with E-state index in [0.717, 1.165) is 24.8 Å². The first-order valence-corrected chi connectivity index (χ1v) is 7.13. The van der Waals surface area contributed by atoms with Crippen molar-refractivity contribution < 1.29 is 9.90 Å². The molecule has 3 rings (SSSR count). The SMILES string of the molecule is O=C(C1CCC1)N1CC[C@@H](O)[C@@H]1Cc1ccncc1. The van der Waals surface area contributed by atoms with Gasteiger partial charge in [0.05, 0.1) is 12.1 Å². The van der Waals surface area contributed by atoms with Crippen LogP contribution in [0.25, 0.3) is 0 Å². The van der Waals surface area contributed by atoms with Gasteiger partial charge in [0.1, 0.15) is 0 Å². The molecular formula is C15H20N2O2. The summed E-state index contributed by atoms with van der Waals surface area (Å²) in [6.07, 6.45) is 7.76. The van der Waals surface area contributed by atoms with Crippen LogP contribution >= 0.6 is 0 Å². The van der Waals surface area contributed by atoms with Gasteiger partial charge in [0, 0.05) is 24.9 Å². The fourth-order valence-corrected chi connectivity index (χ4v) is 3.01. The molecule has 1 saturated heterocycles. The lowest BCUT2D eigenvalue weighted by molar-refractivity contribution is -0.139. The number of nitrogens with zero attached hydrogens (tertiary/aromatic N) is 2. The molecule has 1 N–H and O–H groups in total. The highest BCUT2D eigenvalue weighted by Gasteiger charge is 2.39. The fourth-order valence-electron chi connectivity index (χ4n) is 3.01. The molecule has 1 aromatic heterocycles. The van der Waals surface area contributed by atoms with Crippen LogP contribution in [0.15, 0.2) is 24.5 Å². The van der Waals surface area contributed by atoms with Gasteiger partial charge in [-0.2, -0.15) is 0 Å². The number of carbonyl (C=O) groups excluding carboxylic acids is 1. The zero-order valence-corrected chi connectivity index (χ0v) is 11.0. The van der Waals surface area contributed by atoms with Crippen LogP contribution < -0.4 is 0 Å². The quantitative estimate of drug-likeness (QED) is 0.893. The lowest BCUT2D eigenvalue weighted by atomic mass is 9.84. The van der Waals surface area contributed by atoms with Crippen LogP contribution in [0.2, 0.25) is 0 Å². The first-order chi connectivity index (χ1) is 9.25. The van der Waals surface area contributed by atoms with E-state index in [0.29, 0.717) is 13.0 Å². The Morgan fingerprint density at radius 2 is 2.05 bits per heavy atom. The molecule has 4 heteroatoms. The van der Waals surface area contributed by atoms with E-state index in [1.54, 1.807) is 12.4 Å². The van der Waals surface area contributed by atoms with Crippen molar-refractivity contribution in [3.8, 4) is 0 Å². The largest absolute Gasteiger partial charge is 0.391 e. The lowest BCUT2D eigenvalue weighted by Gasteiger charge is -2.33. The van der Waals surface area contributed by atoms with Crippen LogP contribution in [-0.4, -0.2) is 39.6 Å². The number of hydrogen-bond acceptors (Lipinski definition) is 3. The topological polar surface area (TPSA) is 53.4 Å². The van der Waals surface area contributed by atoms with Crippen LogP contribution in [0.1, 0.15) is 31.2 Å². The number of rotatable bonds is 3. The van der Waals surface area contributed by atoms with Gasteiger partial charge in [-0.3, -0.25) is 9.78 Å². The number of amides is 1. The average molecular weight is 260 g/mol. The number of pyridine rings is 1. The van der Waals surface area contributed by atoms with E-state index in [4.69, 9.17) is 0 Å². The molecule has 4 nitrogen and oxygen atoms in total. The van der Waals surface area contributed by atoms with E-state index < -0.39 is 6.10 Å². The van der Waals surface area contributed by atoms with Crippen molar-refractivity contribution in [1.29, 1.82) is 0 Å². The molecule has 19 heavy (non-hydrogen) atoms. The Hall–Kier alpha value is -1.42. The molecular weight excluding hydrogens is 240 g/mol. The summed E-state index contributed by atoms with van der Waals surface area (Å²) in [6.45, 7) is 0.701. The highest BCUT2D eigenvalue weighted by molar-refractivity contribution is 5.80. The predicted octanol–water partition coefficient (Wildman–Crippen LogP) is 1.39. The standard InChI is InChI=1S/C15H20N2O2/c18-14-6-9-17(15(19)12-2-1-3-12)13(14)10-11-4-7-16-8-5-11/h4-5,7-8,12-14,18H,1-3,6,9-10H2/t13-,14+/m0/s1. The van der Waals surface area contributed by atoms with Crippen LogP contribution in [-0.2, 0) is 11.2 Å². The monoisotopic (exact) mass is 260 g/mol. The molecule has 1 aromatic rings. The van der Waals surface area contributed by atoms with Crippen molar-refractivity contribution in [2.75, 3.05) is 6.54 Å². The Balaban J connectivity index is 1.71. The van der Waals surface area contributed by atoms with Gasteiger partial charge in [-0.05, 0) is 43.4 Å². The molecule has 2 aliphatic rings. The third kappa shape index (κ3) is 2.50. The summed E-state index contributed by atoms with van der Waals surface area (Å²) >= 11 is 0. The van der Waals surface area contributed by atoms with Crippen molar-refractivity contribution >= 4 is 5.91 Å². The maximum absolute atomic E-state index is 12.4. The summed E-state index contributed by atoms with van der Waals surface area (Å²) in [7, 11) is 0. The predicted molar refractivity (Wildman–Crippen MR) is 71.4 cm³/mol. The van der Waals surface area contributed by atoms with Crippen molar-refractivity contribution in [2.24, 2.45) is 5.92 Å². The Bertz CT molecular complexity index is 445. The molecule has 2 fully saturated rings. The number of aliphatic hydroxyl groups excluding tert-OH is 1. The average Bonchev–Trinajstić information content (AvgIpc) is 2.70. The number of likely N-dealkylation sites (tertiary alicyclic amines) is 1. The maximum Gasteiger partial charge on any atom is 0.226 e. The highest BCUT2D eigenvalue weighted by Crippen LogP contribution is 2.32. The first-order valence-electron chi connectivity index (χ1n) is 7.13. The molecule has 0 bridgehead atoms. The molecule has 1 saturated carbocycles. The molecule has 102 valence electrons. The second-order valence-corrected chi connectivity index (χ2v) is 5.64. The minimum absolute atomic E-state index is 0.0597. The molecule has 0 spiro atoms. The number of hydrogen-bond donors (Lipinski definition) is 1. The van der Waals surface area contributed by atoms with Gasteiger partial charge in [-0.1, -0.05) is 6.42 Å². The molecule has 1 aliphatic carbocycles. The van der Waals surface area contributed by atoms with Crippen LogP contribution in [0.3, 0.4) is 0 Å². The Morgan fingerprint density at radius 3 is 2.68 bits per heavy atom. The van der Waals surface area contributed by atoms with Crippen molar-refractivity contribution in [3.63, 3.8) is 0 Å². The summed E-state index contributed by atoms with van der Waals surface area (Å²) < 4.78 is 0. The number of carbonyl (C=O) groups is 1. The van der Waals surface area contributed by atoms with E-state index in [1.165, 1.54) is 6.42 Å². The van der Waals surface area contributed by atoms with Crippen LogP contribution in [0, 0.1) is 5.92 Å². The molecule has 2 atom stereocenters. The summed E-state index contributed by atoms with van der Waals surface area (Å²) in [5.41, 5.74) is 1.13. The van der Waals surface area contributed by atoms with Gasteiger partial charge < -0.3 is 10.0 Å². The van der Waals surface area contributed by atoms with Gasteiger partial charge in [0.15, 0.2) is 0 Å². The van der Waals surface area contributed by atoms with Crippen molar-refractivity contribution in [3.05, 3.63) is 30.1 Å². The normalized spacial score (nSPS) is 27.3. The van der Waals surface area contributed by atoms with E-state index >= 15 is 0 Å². The second-order valence-electron chi connectivity index (χ2n) is 5.64. The van der Waals surface area contributed by atoms with Gasteiger partial charge >= 0.3 is 0 Å². The zero-order chi connectivity index (χ0) is 13.2. The Kier molecular flexibility index (Phi) is 3.51. The summed E-state index contributed by atoms with van der Waals surface area (Å²) in [6, 6.07) is 3.85. The number of aromatic nitrogens is 1. The van der Waals surface area contributed by atoms with Crippen molar-refractivity contribution in [2.45, 2.75) is 44.2 Å². The molecule has 1 amide bonds. The molecule has 0 aromatic carbocycles. The minimum Gasteiger partial charge on any atom is -0.391 e. The zero-order valence-electron chi connectivity index (χ0n) is 11.0. The molecule has 0 radical (unpaired) electrons. The summed E-state index contributed by atoms with van der Waals surface area (Å²) in [5.74, 6) is 0.465. The molecule has 2 heterocycles. The van der Waals surface area contributed by atoms with Gasteiger partial charge in [0.25, 0.3) is 0 Å². The number of aliphatic hydroxyl groups is 1. The van der Waals surface area contributed by atoms with Gasteiger partial charge in [0.2, 0.25) is 5.91 Å². The fraction of sp³-hybridized carbons (Fsp3) is 0.600. The smallest absolute Gasteiger partial charge is 0.226 e. The van der Waals surface area contributed by atoms with Crippen LogP contribution in [0.4, 0.5) is 0 Å². The van der Waals surface area contributed by atoms with Gasteiger partial charge in [-0.15, -0.1) is 0 Å². The van der Waals surface area contributed by atoms with Crippen LogP contribution in [0.5, 0.6) is 0 Å². The first kappa shape index (κ1) is 12.6. The lowest BCUT2D eigenvalue weighted by Crippen LogP contribution is -2.45.